The van der Waals surface area contributed by atoms with Crippen molar-refractivity contribution >= 4 is 0 Å². The molecule has 2 nitrogen and oxygen atoms in total. The molecule has 0 amide bonds. The molecule has 2 N–H and O–H groups in total. The number of benzene rings is 1. The molecule has 1 aromatic carbocycles. The zero-order chi connectivity index (χ0) is 15.2. The molecule has 2 rings (SSSR count). The van der Waals surface area contributed by atoms with E-state index in [1.54, 1.807) is 0 Å². The van der Waals surface area contributed by atoms with Crippen molar-refractivity contribution in [2.24, 2.45) is 5.41 Å². The molecule has 0 spiro atoms. The number of aliphatic hydroxyl groups is 1. The Morgan fingerprint density at radius 2 is 1.67 bits per heavy atom. The molecule has 118 valence electrons. The summed E-state index contributed by atoms with van der Waals surface area (Å²) in [5.74, 6) is 0. The van der Waals surface area contributed by atoms with Crippen LogP contribution in [-0.2, 0) is 6.42 Å². The molecule has 1 fully saturated rings. The Labute approximate surface area is 130 Å². The number of aryl methyl sites for hydroxylation is 1. The van der Waals surface area contributed by atoms with E-state index in [2.05, 4.69) is 49.5 Å². The van der Waals surface area contributed by atoms with Gasteiger partial charge in [0.2, 0.25) is 0 Å². The molecule has 1 aromatic rings. The van der Waals surface area contributed by atoms with Gasteiger partial charge in [-0.15, -0.1) is 0 Å². The third-order valence-corrected chi connectivity index (χ3v) is 4.90. The van der Waals surface area contributed by atoms with Gasteiger partial charge in [-0.2, -0.15) is 0 Å². The molecule has 0 radical (unpaired) electrons. The molecule has 1 aliphatic carbocycles. The molecular weight excluding hydrogens is 258 g/mol. The minimum Gasteiger partial charge on any atom is -0.389 e. The number of rotatable bonds is 7. The first-order valence-electron chi connectivity index (χ1n) is 8.46. The molecule has 0 aromatic heterocycles. The van der Waals surface area contributed by atoms with Crippen molar-refractivity contribution in [3.05, 3.63) is 35.9 Å². The maximum absolute atomic E-state index is 10.6. The lowest BCUT2D eigenvalue weighted by Gasteiger charge is -2.40. The Hall–Kier alpha value is -0.860. The second-order valence-corrected chi connectivity index (χ2v) is 7.51. The smallest absolute Gasteiger partial charge is 0.0772 e. The summed E-state index contributed by atoms with van der Waals surface area (Å²) in [7, 11) is 0. The summed E-state index contributed by atoms with van der Waals surface area (Å²) in [4.78, 5) is 0. The zero-order valence-electron chi connectivity index (χ0n) is 13.7. The lowest BCUT2D eigenvalue weighted by Crippen LogP contribution is -2.45. The van der Waals surface area contributed by atoms with Gasteiger partial charge in [0.25, 0.3) is 0 Å². The maximum Gasteiger partial charge on any atom is 0.0772 e. The predicted molar refractivity (Wildman–Crippen MR) is 89.4 cm³/mol. The van der Waals surface area contributed by atoms with Gasteiger partial charge in [0.1, 0.15) is 0 Å². The van der Waals surface area contributed by atoms with E-state index in [0.29, 0.717) is 5.41 Å². The number of hydrogen-bond donors (Lipinski definition) is 2. The van der Waals surface area contributed by atoms with Crippen LogP contribution < -0.4 is 5.32 Å². The van der Waals surface area contributed by atoms with Crippen molar-refractivity contribution in [3.8, 4) is 0 Å². The van der Waals surface area contributed by atoms with E-state index < -0.39 is 5.60 Å². The summed E-state index contributed by atoms with van der Waals surface area (Å²) in [6.45, 7) is 6.39. The van der Waals surface area contributed by atoms with Crippen molar-refractivity contribution in [2.45, 2.75) is 64.4 Å². The SMILES string of the molecule is CC1(C)CCC(O)(CNCCCCc2ccccc2)CC1. The van der Waals surface area contributed by atoms with Crippen LogP contribution in [0.15, 0.2) is 30.3 Å². The van der Waals surface area contributed by atoms with E-state index in [4.69, 9.17) is 0 Å². The van der Waals surface area contributed by atoms with Crippen LogP contribution >= 0.6 is 0 Å². The van der Waals surface area contributed by atoms with Crippen molar-refractivity contribution in [2.75, 3.05) is 13.1 Å². The molecular formula is C19H31NO. The van der Waals surface area contributed by atoms with E-state index in [9.17, 15) is 5.11 Å². The quantitative estimate of drug-likeness (QED) is 0.745. The van der Waals surface area contributed by atoms with Crippen LogP contribution in [0, 0.1) is 5.41 Å². The number of unbranched alkanes of at least 4 members (excludes halogenated alkanes) is 1. The Morgan fingerprint density at radius 3 is 2.33 bits per heavy atom. The Balaban J connectivity index is 1.56. The van der Waals surface area contributed by atoms with Gasteiger partial charge in [-0.25, -0.2) is 0 Å². The Bertz CT molecular complexity index is 403. The van der Waals surface area contributed by atoms with Gasteiger partial charge in [-0.3, -0.25) is 0 Å². The molecule has 0 atom stereocenters. The largest absolute Gasteiger partial charge is 0.389 e. The molecule has 21 heavy (non-hydrogen) atoms. The summed E-state index contributed by atoms with van der Waals surface area (Å²) in [6, 6.07) is 10.7. The van der Waals surface area contributed by atoms with Gasteiger partial charge in [-0.05, 0) is 62.5 Å². The van der Waals surface area contributed by atoms with Gasteiger partial charge in [0, 0.05) is 6.54 Å². The summed E-state index contributed by atoms with van der Waals surface area (Å²) >= 11 is 0. The van der Waals surface area contributed by atoms with Crippen LogP contribution in [0.25, 0.3) is 0 Å². The standard InChI is InChI=1S/C19H31NO/c1-18(2)11-13-19(21,14-12-18)16-20-15-7-6-10-17-8-4-3-5-9-17/h3-5,8-9,20-21H,6-7,10-16H2,1-2H3. The van der Waals surface area contributed by atoms with E-state index in [1.807, 2.05) is 0 Å². The van der Waals surface area contributed by atoms with Crippen LogP contribution in [0.5, 0.6) is 0 Å². The monoisotopic (exact) mass is 289 g/mol. The third-order valence-electron chi connectivity index (χ3n) is 4.90. The summed E-state index contributed by atoms with van der Waals surface area (Å²) in [5.41, 5.74) is 1.38. The van der Waals surface area contributed by atoms with E-state index in [0.717, 1.165) is 45.2 Å². The van der Waals surface area contributed by atoms with Crippen LogP contribution in [0.1, 0.15) is 57.9 Å². The molecule has 1 saturated carbocycles. The highest BCUT2D eigenvalue weighted by molar-refractivity contribution is 5.14. The van der Waals surface area contributed by atoms with Crippen LogP contribution in [0.3, 0.4) is 0 Å². The molecule has 0 bridgehead atoms. The fourth-order valence-electron chi connectivity index (χ4n) is 3.11. The summed E-state index contributed by atoms with van der Waals surface area (Å²) in [6.07, 6.45) is 7.70. The summed E-state index contributed by atoms with van der Waals surface area (Å²) < 4.78 is 0. The third kappa shape index (κ3) is 5.80. The molecule has 0 unspecified atom stereocenters. The molecule has 0 aliphatic heterocycles. The highest BCUT2D eigenvalue weighted by Gasteiger charge is 2.36. The maximum atomic E-state index is 10.6. The van der Waals surface area contributed by atoms with Gasteiger partial charge in [0.15, 0.2) is 0 Å². The first-order valence-corrected chi connectivity index (χ1v) is 8.46. The van der Waals surface area contributed by atoms with Crippen LogP contribution in [0.2, 0.25) is 0 Å². The van der Waals surface area contributed by atoms with Crippen molar-refractivity contribution in [1.82, 2.24) is 5.32 Å². The molecule has 1 aliphatic rings. The molecule has 0 saturated heterocycles. The number of nitrogens with one attached hydrogen (secondary N) is 1. The average molecular weight is 289 g/mol. The van der Waals surface area contributed by atoms with Crippen molar-refractivity contribution < 1.29 is 5.11 Å². The second kappa shape index (κ2) is 7.42. The van der Waals surface area contributed by atoms with Gasteiger partial charge < -0.3 is 10.4 Å². The average Bonchev–Trinajstić information content (AvgIpc) is 2.48. The lowest BCUT2D eigenvalue weighted by atomic mass is 9.71. The van der Waals surface area contributed by atoms with Gasteiger partial charge >= 0.3 is 0 Å². The number of hydrogen-bond acceptors (Lipinski definition) is 2. The first-order chi connectivity index (χ1) is 9.99. The van der Waals surface area contributed by atoms with Crippen LogP contribution in [0.4, 0.5) is 0 Å². The fraction of sp³-hybridized carbons (Fsp3) is 0.684. The zero-order valence-corrected chi connectivity index (χ0v) is 13.7. The van der Waals surface area contributed by atoms with E-state index >= 15 is 0 Å². The van der Waals surface area contributed by atoms with Gasteiger partial charge in [-0.1, -0.05) is 44.2 Å². The van der Waals surface area contributed by atoms with E-state index in [-0.39, 0.29) is 0 Å². The van der Waals surface area contributed by atoms with Gasteiger partial charge in [0.05, 0.1) is 5.60 Å². The lowest BCUT2D eigenvalue weighted by molar-refractivity contribution is -0.0241. The Morgan fingerprint density at radius 1 is 1.00 bits per heavy atom. The second-order valence-electron chi connectivity index (χ2n) is 7.51. The van der Waals surface area contributed by atoms with E-state index in [1.165, 1.54) is 18.4 Å². The fourth-order valence-corrected chi connectivity index (χ4v) is 3.11. The van der Waals surface area contributed by atoms with Crippen molar-refractivity contribution in [3.63, 3.8) is 0 Å². The summed E-state index contributed by atoms with van der Waals surface area (Å²) in [5, 5.41) is 14.0. The Kier molecular flexibility index (Phi) is 5.83. The van der Waals surface area contributed by atoms with Crippen LogP contribution in [-0.4, -0.2) is 23.8 Å². The molecule has 0 heterocycles. The first kappa shape index (κ1) is 16.5. The molecule has 2 heteroatoms. The minimum absolute atomic E-state index is 0.419. The highest BCUT2D eigenvalue weighted by Crippen LogP contribution is 2.39. The topological polar surface area (TPSA) is 32.3 Å². The van der Waals surface area contributed by atoms with Crippen molar-refractivity contribution in [1.29, 1.82) is 0 Å². The minimum atomic E-state index is -0.463. The predicted octanol–water partition coefficient (Wildman–Crippen LogP) is 3.93. The highest BCUT2D eigenvalue weighted by atomic mass is 16.3. The normalized spacial score (nSPS) is 20.3.